The van der Waals surface area contributed by atoms with Gasteiger partial charge in [-0.2, -0.15) is 0 Å². The molecule has 1 N–H and O–H groups in total. The molecule has 0 radical (unpaired) electrons. The second-order valence-corrected chi connectivity index (χ2v) is 4.96. The Morgan fingerprint density at radius 3 is 3.00 bits per heavy atom. The first kappa shape index (κ1) is 15.0. The van der Waals surface area contributed by atoms with Crippen molar-refractivity contribution in [2.45, 2.75) is 25.5 Å². The predicted molar refractivity (Wildman–Crippen MR) is 75.7 cm³/mol. The minimum absolute atomic E-state index is 0.0309. The molecule has 1 aliphatic rings. The van der Waals surface area contributed by atoms with Gasteiger partial charge in [0.2, 0.25) is 0 Å². The number of benzene rings is 1. The van der Waals surface area contributed by atoms with Crippen molar-refractivity contribution in [1.82, 2.24) is 4.90 Å². The highest BCUT2D eigenvalue weighted by atomic mass is 19.1. The van der Waals surface area contributed by atoms with Crippen LogP contribution in [0.1, 0.15) is 24.0 Å². The molecule has 0 saturated carbocycles. The zero-order valence-corrected chi connectivity index (χ0v) is 11.7. The Balaban J connectivity index is 1.98. The average molecular weight is 277 g/mol. The summed E-state index contributed by atoms with van der Waals surface area (Å²) in [6.07, 6.45) is 1.68. The van der Waals surface area contributed by atoms with Gasteiger partial charge in [0.25, 0.3) is 0 Å². The van der Waals surface area contributed by atoms with Gasteiger partial charge < -0.3 is 9.84 Å². The van der Waals surface area contributed by atoms with Crippen molar-refractivity contribution in [2.24, 2.45) is 0 Å². The second kappa shape index (κ2) is 7.39. The Morgan fingerprint density at radius 1 is 1.50 bits per heavy atom. The Morgan fingerprint density at radius 2 is 2.35 bits per heavy atom. The molecular weight excluding hydrogens is 257 g/mol. The average Bonchev–Trinajstić information content (AvgIpc) is 2.90. The first-order chi connectivity index (χ1) is 9.72. The van der Waals surface area contributed by atoms with Gasteiger partial charge in [-0.25, -0.2) is 4.39 Å². The lowest BCUT2D eigenvalue weighted by molar-refractivity contribution is 0.107. The van der Waals surface area contributed by atoms with Gasteiger partial charge in [-0.1, -0.05) is 17.9 Å². The molecule has 20 heavy (non-hydrogen) atoms. The van der Waals surface area contributed by atoms with Crippen LogP contribution in [-0.4, -0.2) is 42.9 Å². The third kappa shape index (κ3) is 4.04. The van der Waals surface area contributed by atoms with Crippen molar-refractivity contribution in [1.29, 1.82) is 0 Å². The van der Waals surface area contributed by atoms with E-state index in [1.807, 2.05) is 6.07 Å². The van der Waals surface area contributed by atoms with E-state index in [1.165, 1.54) is 6.07 Å². The summed E-state index contributed by atoms with van der Waals surface area (Å²) in [6, 6.07) is 5.08. The summed E-state index contributed by atoms with van der Waals surface area (Å²) >= 11 is 0. The Hall–Kier alpha value is -1.41. The summed E-state index contributed by atoms with van der Waals surface area (Å²) in [4.78, 5) is 2.20. The molecule has 1 unspecified atom stereocenters. The van der Waals surface area contributed by atoms with Gasteiger partial charge in [-0.3, -0.25) is 4.90 Å². The SMILES string of the molecule is COC1CCN(Cc2ccc(C#CCCO)cc2F)C1. The van der Waals surface area contributed by atoms with Crippen LogP contribution in [0.3, 0.4) is 0 Å². The summed E-state index contributed by atoms with van der Waals surface area (Å²) < 4.78 is 19.3. The maximum absolute atomic E-state index is 14.0. The fourth-order valence-electron chi connectivity index (χ4n) is 2.35. The fraction of sp³-hybridized carbons (Fsp3) is 0.500. The Bertz CT molecular complexity index is 507. The van der Waals surface area contributed by atoms with Crippen LogP contribution < -0.4 is 0 Å². The molecule has 1 atom stereocenters. The van der Waals surface area contributed by atoms with E-state index in [9.17, 15) is 4.39 Å². The fourth-order valence-corrected chi connectivity index (χ4v) is 2.35. The van der Waals surface area contributed by atoms with Gasteiger partial charge in [0.05, 0.1) is 12.7 Å². The Kier molecular flexibility index (Phi) is 5.54. The van der Waals surface area contributed by atoms with Crippen LogP contribution in [0.5, 0.6) is 0 Å². The number of aliphatic hydroxyl groups is 1. The molecule has 0 spiro atoms. The molecule has 1 saturated heterocycles. The number of hydrogen-bond donors (Lipinski definition) is 1. The number of hydrogen-bond acceptors (Lipinski definition) is 3. The van der Waals surface area contributed by atoms with Crippen molar-refractivity contribution < 1.29 is 14.2 Å². The molecule has 3 nitrogen and oxygen atoms in total. The molecule has 1 fully saturated rings. The molecule has 0 bridgehead atoms. The highest BCUT2D eigenvalue weighted by molar-refractivity contribution is 5.37. The minimum Gasteiger partial charge on any atom is -0.395 e. The van der Waals surface area contributed by atoms with E-state index in [2.05, 4.69) is 16.7 Å². The van der Waals surface area contributed by atoms with Crippen LogP contribution in [-0.2, 0) is 11.3 Å². The largest absolute Gasteiger partial charge is 0.395 e. The van der Waals surface area contributed by atoms with Crippen molar-refractivity contribution in [3.63, 3.8) is 0 Å². The van der Waals surface area contributed by atoms with Crippen molar-refractivity contribution >= 4 is 0 Å². The molecule has 108 valence electrons. The van der Waals surface area contributed by atoms with Gasteiger partial charge in [-0.15, -0.1) is 0 Å². The van der Waals surface area contributed by atoms with E-state index in [0.29, 0.717) is 24.1 Å². The minimum atomic E-state index is -0.221. The summed E-state index contributed by atoms with van der Waals surface area (Å²) in [7, 11) is 1.72. The first-order valence-corrected chi connectivity index (χ1v) is 6.86. The Labute approximate surface area is 119 Å². The maximum Gasteiger partial charge on any atom is 0.128 e. The number of aliphatic hydroxyl groups excluding tert-OH is 1. The predicted octanol–water partition coefficient (Wildman–Crippen LogP) is 1.78. The number of rotatable bonds is 4. The van der Waals surface area contributed by atoms with Crippen molar-refractivity contribution in [2.75, 3.05) is 26.8 Å². The van der Waals surface area contributed by atoms with E-state index in [0.717, 1.165) is 19.5 Å². The van der Waals surface area contributed by atoms with Crippen LogP contribution in [0.2, 0.25) is 0 Å². The molecule has 0 aromatic heterocycles. The normalized spacial score (nSPS) is 18.9. The summed E-state index contributed by atoms with van der Waals surface area (Å²) in [5.41, 5.74) is 1.34. The van der Waals surface area contributed by atoms with Crippen LogP contribution in [0.4, 0.5) is 4.39 Å². The quantitative estimate of drug-likeness (QED) is 0.852. The maximum atomic E-state index is 14.0. The van der Waals surface area contributed by atoms with Crippen molar-refractivity contribution in [3.05, 3.63) is 35.1 Å². The zero-order valence-electron chi connectivity index (χ0n) is 11.7. The third-order valence-corrected chi connectivity index (χ3v) is 3.48. The van der Waals surface area contributed by atoms with Crippen molar-refractivity contribution in [3.8, 4) is 11.8 Å². The lowest BCUT2D eigenvalue weighted by Gasteiger charge is -2.16. The monoisotopic (exact) mass is 277 g/mol. The number of nitrogens with zero attached hydrogens (tertiary/aromatic N) is 1. The highest BCUT2D eigenvalue weighted by Crippen LogP contribution is 2.18. The standard InChI is InChI=1S/C16H20FNO2/c1-20-15-7-8-18(12-15)11-14-6-5-13(10-16(14)17)4-2-3-9-19/h5-6,10,15,19H,3,7-9,11-12H2,1H3. The molecular formula is C16H20FNO2. The van der Waals surface area contributed by atoms with Gasteiger partial charge in [-0.05, 0) is 18.6 Å². The number of likely N-dealkylation sites (tertiary alicyclic amines) is 1. The van der Waals surface area contributed by atoms with Gasteiger partial charge in [0.15, 0.2) is 0 Å². The highest BCUT2D eigenvalue weighted by Gasteiger charge is 2.22. The smallest absolute Gasteiger partial charge is 0.128 e. The van der Waals surface area contributed by atoms with Gasteiger partial charge >= 0.3 is 0 Å². The molecule has 2 rings (SSSR count). The molecule has 1 aliphatic heterocycles. The van der Waals surface area contributed by atoms with E-state index in [1.54, 1.807) is 13.2 Å². The number of methoxy groups -OCH3 is 1. The van der Waals surface area contributed by atoms with Gasteiger partial charge in [0, 0.05) is 44.3 Å². The van der Waals surface area contributed by atoms with Crippen LogP contribution in [0.15, 0.2) is 18.2 Å². The molecule has 1 heterocycles. The topological polar surface area (TPSA) is 32.7 Å². The number of ether oxygens (including phenoxy) is 1. The lowest BCUT2D eigenvalue weighted by atomic mass is 10.1. The second-order valence-electron chi connectivity index (χ2n) is 4.96. The van der Waals surface area contributed by atoms with E-state index in [4.69, 9.17) is 9.84 Å². The van der Waals surface area contributed by atoms with E-state index < -0.39 is 0 Å². The molecule has 0 aliphatic carbocycles. The van der Waals surface area contributed by atoms with Crippen LogP contribution in [0.25, 0.3) is 0 Å². The molecule has 1 aromatic carbocycles. The summed E-state index contributed by atoms with van der Waals surface area (Å²) in [5, 5.41) is 8.65. The zero-order chi connectivity index (χ0) is 14.4. The summed E-state index contributed by atoms with van der Waals surface area (Å²) in [6.45, 7) is 2.43. The van der Waals surface area contributed by atoms with Gasteiger partial charge in [0.1, 0.15) is 5.82 Å². The molecule has 4 heteroatoms. The number of halogens is 1. The molecule has 1 aromatic rings. The molecule has 0 amide bonds. The van der Waals surface area contributed by atoms with Crippen LogP contribution in [0, 0.1) is 17.7 Å². The first-order valence-electron chi connectivity index (χ1n) is 6.86. The van der Waals surface area contributed by atoms with Crippen LogP contribution >= 0.6 is 0 Å². The van der Waals surface area contributed by atoms with E-state index in [-0.39, 0.29) is 18.5 Å². The van der Waals surface area contributed by atoms with E-state index >= 15 is 0 Å². The lowest BCUT2D eigenvalue weighted by Crippen LogP contribution is -2.22. The summed E-state index contributed by atoms with van der Waals surface area (Å²) in [5.74, 6) is 5.41. The third-order valence-electron chi connectivity index (χ3n) is 3.48.